The van der Waals surface area contributed by atoms with Gasteiger partial charge in [-0.25, -0.2) is 0 Å². The number of Topliss-reactive ketones (excluding diaryl/α,β-unsaturated/α-hetero) is 3. The molecule has 3 N–H and O–H groups in total. The van der Waals surface area contributed by atoms with Gasteiger partial charge in [-0.1, -0.05) is 32.4 Å². The molecule has 0 heterocycles. The summed E-state index contributed by atoms with van der Waals surface area (Å²) in [6, 6.07) is 1.84. The summed E-state index contributed by atoms with van der Waals surface area (Å²) in [5, 5.41) is 34.2. The number of phenols is 1. The van der Waals surface area contributed by atoms with Crippen LogP contribution in [0.1, 0.15) is 87.4 Å². The van der Waals surface area contributed by atoms with Gasteiger partial charge in [0, 0.05) is 11.5 Å². The van der Waals surface area contributed by atoms with E-state index in [0.29, 0.717) is 23.1 Å². The second-order valence-corrected chi connectivity index (χ2v) is 11.3. The Morgan fingerprint density at radius 3 is 2.39 bits per heavy atom. The van der Waals surface area contributed by atoms with Gasteiger partial charge in [0.15, 0.2) is 17.2 Å². The van der Waals surface area contributed by atoms with Crippen LogP contribution in [-0.2, 0) is 32.0 Å². The minimum Gasteiger partial charge on any atom is -0.508 e. The number of allylic oxidation sites excluding steroid dienone is 2. The molecule has 1 aromatic carbocycles. The fourth-order valence-electron chi connectivity index (χ4n) is 6.55. The summed E-state index contributed by atoms with van der Waals surface area (Å²) < 4.78 is 5.10. The molecule has 0 fully saturated rings. The highest BCUT2D eigenvalue weighted by atomic mass is 16.5. The maximum atomic E-state index is 14.0. The van der Waals surface area contributed by atoms with Crippen LogP contribution in [0.15, 0.2) is 28.5 Å². The molecule has 4 rings (SSSR count). The van der Waals surface area contributed by atoms with Crippen molar-refractivity contribution in [2.75, 3.05) is 6.61 Å². The van der Waals surface area contributed by atoms with Gasteiger partial charge in [0.2, 0.25) is 5.78 Å². The second kappa shape index (κ2) is 9.80. The summed E-state index contributed by atoms with van der Waals surface area (Å²) >= 11 is 0. The lowest BCUT2D eigenvalue weighted by Gasteiger charge is -2.46. The Labute approximate surface area is 222 Å². The predicted octanol–water partition coefficient (Wildman–Crippen LogP) is 4.05. The molecule has 0 radical (unpaired) electrons. The van der Waals surface area contributed by atoms with Crippen LogP contribution in [0.25, 0.3) is 0 Å². The van der Waals surface area contributed by atoms with Gasteiger partial charge in [0.1, 0.15) is 11.5 Å². The summed E-state index contributed by atoms with van der Waals surface area (Å²) in [6.07, 6.45) is 1.02. The third-order valence-electron chi connectivity index (χ3n) is 8.37. The normalized spacial score (nSPS) is 25.7. The number of esters is 1. The maximum Gasteiger partial charge on any atom is 0.308 e. The molecule has 38 heavy (non-hydrogen) atoms. The second-order valence-electron chi connectivity index (χ2n) is 11.3. The highest BCUT2D eigenvalue weighted by molar-refractivity contribution is 6.25. The number of aromatic hydroxyl groups is 1. The Morgan fingerprint density at radius 2 is 1.82 bits per heavy atom. The van der Waals surface area contributed by atoms with Gasteiger partial charge in [-0.3, -0.25) is 19.2 Å². The third-order valence-corrected chi connectivity index (χ3v) is 8.37. The number of ether oxygens (including phenoxy) is 1. The summed E-state index contributed by atoms with van der Waals surface area (Å²) in [4.78, 5) is 51.8. The van der Waals surface area contributed by atoms with Crippen LogP contribution in [0.5, 0.6) is 5.75 Å². The van der Waals surface area contributed by atoms with Gasteiger partial charge in [-0.2, -0.15) is 0 Å². The van der Waals surface area contributed by atoms with Crippen molar-refractivity contribution >= 4 is 23.3 Å². The topological polar surface area (TPSA) is 138 Å². The van der Waals surface area contributed by atoms with E-state index in [0.717, 1.165) is 5.56 Å². The molecule has 4 unspecified atom stereocenters. The number of hydrogen-bond acceptors (Lipinski definition) is 8. The number of rotatable bonds is 6. The molecular formula is C30H36O8. The minimum absolute atomic E-state index is 0.00742. The standard InChI is InChI=1S/C30H36O8/c1-7-38-29(36)15(5)8-18-12-20(13(2)3)21-11-17-10-19-9-14(4)22(16(6)31)27(34)30(19,37)28(35)23(17)26(33)24(21)25(18)32/h12-13,15,17,19,32,35,37H,7-11H2,1-6H3. The van der Waals surface area contributed by atoms with Crippen molar-refractivity contribution in [2.24, 2.45) is 17.8 Å². The number of hydrogen-bond donors (Lipinski definition) is 3. The van der Waals surface area contributed by atoms with Gasteiger partial charge in [0.25, 0.3) is 0 Å². The van der Waals surface area contributed by atoms with Gasteiger partial charge in [-0.05, 0) is 75.0 Å². The van der Waals surface area contributed by atoms with Crippen LogP contribution in [0.4, 0.5) is 0 Å². The van der Waals surface area contributed by atoms with Crippen molar-refractivity contribution in [2.45, 2.75) is 78.7 Å². The van der Waals surface area contributed by atoms with E-state index in [1.54, 1.807) is 20.8 Å². The third kappa shape index (κ3) is 4.10. The van der Waals surface area contributed by atoms with Crippen molar-refractivity contribution in [3.8, 4) is 5.75 Å². The van der Waals surface area contributed by atoms with E-state index in [2.05, 4.69) is 0 Å². The molecule has 0 spiro atoms. The van der Waals surface area contributed by atoms with Gasteiger partial charge < -0.3 is 20.1 Å². The molecule has 4 atom stereocenters. The molecule has 0 aromatic heterocycles. The Balaban J connectivity index is 1.87. The van der Waals surface area contributed by atoms with Crippen LogP contribution in [0, 0.1) is 17.8 Å². The molecule has 0 saturated heterocycles. The molecule has 0 amide bonds. The quantitative estimate of drug-likeness (QED) is 0.374. The van der Waals surface area contributed by atoms with E-state index in [1.165, 1.54) is 6.92 Å². The lowest BCUT2D eigenvalue weighted by Crippen LogP contribution is -2.56. The number of aliphatic hydroxyl groups is 2. The number of phenolic OH excluding ortho intramolecular Hbond substituents is 1. The molecule has 0 bridgehead atoms. The molecule has 8 nitrogen and oxygen atoms in total. The number of aliphatic hydroxyl groups excluding tert-OH is 1. The zero-order valence-electron chi connectivity index (χ0n) is 22.8. The van der Waals surface area contributed by atoms with Crippen molar-refractivity contribution < 1.29 is 39.2 Å². The zero-order chi connectivity index (χ0) is 28.3. The summed E-state index contributed by atoms with van der Waals surface area (Å²) in [6.45, 7) is 10.5. The van der Waals surface area contributed by atoms with Crippen molar-refractivity contribution in [1.29, 1.82) is 0 Å². The minimum atomic E-state index is -2.37. The molecule has 3 aliphatic carbocycles. The van der Waals surface area contributed by atoms with E-state index in [-0.39, 0.29) is 54.2 Å². The first kappa shape index (κ1) is 27.8. The highest BCUT2D eigenvalue weighted by Gasteiger charge is 2.58. The zero-order valence-corrected chi connectivity index (χ0v) is 22.8. The lowest BCUT2D eigenvalue weighted by molar-refractivity contribution is -0.147. The number of carbonyl (C=O) groups excluding carboxylic acids is 4. The lowest BCUT2D eigenvalue weighted by atomic mass is 9.59. The average Bonchev–Trinajstić information content (AvgIpc) is 2.82. The molecule has 204 valence electrons. The maximum absolute atomic E-state index is 14.0. The first-order valence-electron chi connectivity index (χ1n) is 13.3. The van der Waals surface area contributed by atoms with Crippen LogP contribution in [0.3, 0.4) is 0 Å². The monoisotopic (exact) mass is 524 g/mol. The number of ketones is 3. The highest BCUT2D eigenvalue weighted by Crippen LogP contribution is 2.52. The molecule has 1 aromatic rings. The number of fused-ring (bicyclic) bond motifs is 3. The van der Waals surface area contributed by atoms with Crippen LogP contribution in [0.2, 0.25) is 0 Å². The van der Waals surface area contributed by atoms with Crippen LogP contribution < -0.4 is 0 Å². The predicted molar refractivity (Wildman–Crippen MR) is 139 cm³/mol. The first-order chi connectivity index (χ1) is 17.7. The Kier molecular flexibility index (Phi) is 7.16. The molecule has 3 aliphatic rings. The fourth-order valence-corrected chi connectivity index (χ4v) is 6.55. The summed E-state index contributed by atoms with van der Waals surface area (Å²) in [7, 11) is 0. The largest absolute Gasteiger partial charge is 0.508 e. The van der Waals surface area contributed by atoms with E-state index in [1.807, 2.05) is 19.9 Å². The van der Waals surface area contributed by atoms with Crippen LogP contribution in [-0.4, -0.2) is 50.8 Å². The van der Waals surface area contributed by atoms with E-state index >= 15 is 0 Å². The van der Waals surface area contributed by atoms with E-state index < -0.39 is 52.4 Å². The number of benzene rings is 1. The summed E-state index contributed by atoms with van der Waals surface area (Å²) in [5.41, 5.74) is -0.0383. The van der Waals surface area contributed by atoms with Gasteiger partial charge in [-0.15, -0.1) is 0 Å². The molecule has 8 heteroatoms. The molecular weight excluding hydrogens is 488 g/mol. The Bertz CT molecular complexity index is 1310. The van der Waals surface area contributed by atoms with Crippen molar-refractivity contribution in [1.82, 2.24) is 0 Å². The smallest absolute Gasteiger partial charge is 0.308 e. The number of carbonyl (C=O) groups is 4. The van der Waals surface area contributed by atoms with Gasteiger partial charge in [0.05, 0.1) is 23.7 Å². The van der Waals surface area contributed by atoms with Crippen molar-refractivity contribution in [3.63, 3.8) is 0 Å². The fraction of sp³-hybridized carbons (Fsp3) is 0.533. The molecule has 0 saturated carbocycles. The summed E-state index contributed by atoms with van der Waals surface area (Å²) in [5.74, 6) is -5.12. The average molecular weight is 525 g/mol. The van der Waals surface area contributed by atoms with Crippen LogP contribution >= 0.6 is 0 Å². The Morgan fingerprint density at radius 1 is 1.16 bits per heavy atom. The molecule has 0 aliphatic heterocycles. The van der Waals surface area contributed by atoms with E-state index in [9.17, 15) is 34.5 Å². The SMILES string of the molecule is CCOC(=O)C(C)Cc1cc(C(C)C)c2c(c1O)C(=O)C1=C(O)C3(O)C(=O)C(C(C)=O)=C(C)CC3CC1C2. The van der Waals surface area contributed by atoms with Crippen molar-refractivity contribution in [3.05, 3.63) is 50.8 Å². The van der Waals surface area contributed by atoms with Gasteiger partial charge >= 0.3 is 5.97 Å². The Hall–Kier alpha value is -3.26. The van der Waals surface area contributed by atoms with E-state index in [4.69, 9.17) is 4.74 Å². The first-order valence-corrected chi connectivity index (χ1v) is 13.3.